The number of hydrazine groups is 1. The number of amides is 1. The minimum Gasteiger partial charge on any atom is -0.463 e. The van der Waals surface area contributed by atoms with Crippen LogP contribution in [0.5, 0.6) is 5.75 Å². The molecule has 0 saturated heterocycles. The van der Waals surface area contributed by atoms with Crippen LogP contribution in [0.15, 0.2) is 60.7 Å². The van der Waals surface area contributed by atoms with Crippen LogP contribution in [0, 0.1) is 11.3 Å². The molecule has 176 valence electrons. The fourth-order valence-electron chi connectivity index (χ4n) is 3.44. The Balaban J connectivity index is 2.16. The second-order valence-electron chi connectivity index (χ2n) is 7.27. The molecular formula is C24H20F4N4O2. The Morgan fingerprint density at radius 1 is 1.12 bits per heavy atom. The number of ether oxygens (including phenoxy) is 1. The number of alkyl halides is 4. The molecule has 6 nitrogen and oxygen atoms in total. The maximum absolute atomic E-state index is 13.9. The van der Waals surface area contributed by atoms with Gasteiger partial charge >= 0.3 is 6.18 Å². The number of halogens is 4. The first kappa shape index (κ1) is 24.5. The van der Waals surface area contributed by atoms with E-state index < -0.39 is 24.5 Å². The molecule has 0 aliphatic rings. The van der Waals surface area contributed by atoms with Crippen molar-refractivity contribution in [3.05, 3.63) is 82.9 Å². The van der Waals surface area contributed by atoms with Crippen molar-refractivity contribution >= 4 is 23.0 Å². The molecule has 1 amide bonds. The SMILES string of the molecule is CC(=O)Nc1ccc(OCF)cc1N(N)c1cccc(C(F)(F)F)c1Cc1ccc(C#N)cc1. The van der Waals surface area contributed by atoms with E-state index in [0.717, 1.165) is 11.1 Å². The van der Waals surface area contributed by atoms with Crippen molar-refractivity contribution in [3.63, 3.8) is 0 Å². The zero-order chi connectivity index (χ0) is 24.9. The summed E-state index contributed by atoms with van der Waals surface area (Å²) in [7, 11) is 0. The van der Waals surface area contributed by atoms with Crippen molar-refractivity contribution < 1.29 is 27.1 Å². The zero-order valence-electron chi connectivity index (χ0n) is 18.0. The normalized spacial score (nSPS) is 11.0. The van der Waals surface area contributed by atoms with Crippen LogP contribution in [0.3, 0.4) is 0 Å². The molecule has 3 aromatic rings. The van der Waals surface area contributed by atoms with Crippen molar-refractivity contribution in [2.75, 3.05) is 17.2 Å². The standard InChI is InChI=1S/C24H20F4N4O2/c1-15(33)31-21-10-9-18(34-14-25)12-23(21)32(30)22-4-2-3-20(24(26,27)28)19(22)11-16-5-7-17(13-29)8-6-16/h2-10,12H,11,14,30H2,1H3,(H,31,33). The third-order valence-electron chi connectivity index (χ3n) is 4.94. The molecular weight excluding hydrogens is 452 g/mol. The summed E-state index contributed by atoms with van der Waals surface area (Å²) in [5, 5.41) is 12.5. The number of hydrogen-bond donors (Lipinski definition) is 2. The van der Waals surface area contributed by atoms with Crippen LogP contribution in [0.1, 0.15) is 29.2 Å². The molecule has 0 bridgehead atoms. The summed E-state index contributed by atoms with van der Waals surface area (Å²) in [6, 6.07) is 15.8. The van der Waals surface area contributed by atoms with Gasteiger partial charge < -0.3 is 10.1 Å². The van der Waals surface area contributed by atoms with Gasteiger partial charge in [-0.15, -0.1) is 0 Å². The lowest BCUT2D eigenvalue weighted by atomic mass is 9.96. The Morgan fingerprint density at radius 2 is 1.82 bits per heavy atom. The molecule has 0 spiro atoms. The molecule has 0 aliphatic carbocycles. The first-order valence-electron chi connectivity index (χ1n) is 9.97. The van der Waals surface area contributed by atoms with E-state index >= 15 is 0 Å². The summed E-state index contributed by atoms with van der Waals surface area (Å²) >= 11 is 0. The maximum Gasteiger partial charge on any atom is 0.416 e. The average Bonchev–Trinajstić information content (AvgIpc) is 2.79. The number of carbonyl (C=O) groups is 1. The van der Waals surface area contributed by atoms with Crippen LogP contribution < -0.4 is 20.9 Å². The average molecular weight is 472 g/mol. The van der Waals surface area contributed by atoms with Gasteiger partial charge in [-0.1, -0.05) is 18.2 Å². The molecule has 10 heteroatoms. The van der Waals surface area contributed by atoms with Gasteiger partial charge in [0.25, 0.3) is 0 Å². The van der Waals surface area contributed by atoms with E-state index in [9.17, 15) is 22.4 Å². The quantitative estimate of drug-likeness (QED) is 0.271. The van der Waals surface area contributed by atoms with Gasteiger partial charge in [-0.05, 0) is 47.5 Å². The number of nitrogens with zero attached hydrogens (tertiary/aromatic N) is 2. The van der Waals surface area contributed by atoms with E-state index in [1.54, 1.807) is 12.1 Å². The maximum atomic E-state index is 13.9. The van der Waals surface area contributed by atoms with Gasteiger partial charge in [0.15, 0.2) is 0 Å². The van der Waals surface area contributed by atoms with Gasteiger partial charge in [-0.2, -0.15) is 18.4 Å². The van der Waals surface area contributed by atoms with E-state index in [1.165, 1.54) is 49.4 Å². The fourth-order valence-corrected chi connectivity index (χ4v) is 3.44. The highest BCUT2D eigenvalue weighted by Crippen LogP contribution is 2.40. The van der Waals surface area contributed by atoms with Gasteiger partial charge in [0.1, 0.15) is 5.75 Å². The first-order chi connectivity index (χ1) is 16.1. The lowest BCUT2D eigenvalue weighted by Crippen LogP contribution is -2.28. The second kappa shape index (κ2) is 10.2. The summed E-state index contributed by atoms with van der Waals surface area (Å²) in [6.45, 7) is 0.133. The number of carbonyl (C=O) groups excluding carboxylic acids is 1. The van der Waals surface area contributed by atoms with Crippen molar-refractivity contribution in [1.29, 1.82) is 5.26 Å². The van der Waals surface area contributed by atoms with E-state index in [-0.39, 0.29) is 34.8 Å². The minimum absolute atomic E-state index is 0.0168. The van der Waals surface area contributed by atoms with Gasteiger partial charge in [0, 0.05) is 19.4 Å². The van der Waals surface area contributed by atoms with E-state index in [1.807, 2.05) is 6.07 Å². The topological polar surface area (TPSA) is 91.4 Å². The number of benzene rings is 3. The molecule has 0 radical (unpaired) electrons. The van der Waals surface area contributed by atoms with Crippen LogP contribution >= 0.6 is 0 Å². The lowest BCUT2D eigenvalue weighted by molar-refractivity contribution is -0.138. The number of nitrogens with one attached hydrogen (secondary N) is 1. The highest BCUT2D eigenvalue weighted by molar-refractivity contribution is 5.94. The predicted molar refractivity (Wildman–Crippen MR) is 119 cm³/mol. The molecule has 3 N–H and O–H groups in total. The zero-order valence-corrected chi connectivity index (χ0v) is 18.0. The Labute approximate surface area is 193 Å². The fraction of sp³-hybridized carbons (Fsp3) is 0.167. The van der Waals surface area contributed by atoms with Gasteiger partial charge in [0.05, 0.1) is 34.3 Å². The van der Waals surface area contributed by atoms with E-state index in [2.05, 4.69) is 5.32 Å². The highest BCUT2D eigenvalue weighted by atomic mass is 19.4. The van der Waals surface area contributed by atoms with Gasteiger partial charge in [-0.3, -0.25) is 9.80 Å². The molecule has 34 heavy (non-hydrogen) atoms. The van der Waals surface area contributed by atoms with E-state index in [4.69, 9.17) is 15.8 Å². The Bertz CT molecular complexity index is 1220. The van der Waals surface area contributed by atoms with Crippen molar-refractivity contribution in [2.24, 2.45) is 5.84 Å². The summed E-state index contributed by atoms with van der Waals surface area (Å²) in [5.41, 5.74) is 0.211. The van der Waals surface area contributed by atoms with Crippen LogP contribution in [-0.2, 0) is 17.4 Å². The van der Waals surface area contributed by atoms with E-state index in [0.29, 0.717) is 11.1 Å². The van der Waals surface area contributed by atoms with Crippen LogP contribution in [0.25, 0.3) is 0 Å². The van der Waals surface area contributed by atoms with Crippen molar-refractivity contribution in [2.45, 2.75) is 19.5 Å². The number of anilines is 3. The third kappa shape index (κ3) is 5.63. The Morgan fingerprint density at radius 3 is 2.41 bits per heavy atom. The molecule has 0 fully saturated rings. The molecule has 0 aromatic heterocycles. The number of nitriles is 1. The molecule has 0 saturated carbocycles. The molecule has 0 heterocycles. The molecule has 0 aliphatic heterocycles. The number of rotatable bonds is 7. The number of nitrogens with two attached hydrogens (primary N) is 1. The number of hydrogen-bond acceptors (Lipinski definition) is 5. The molecule has 3 aromatic carbocycles. The van der Waals surface area contributed by atoms with Crippen molar-refractivity contribution in [3.8, 4) is 11.8 Å². The second-order valence-corrected chi connectivity index (χ2v) is 7.27. The third-order valence-corrected chi connectivity index (χ3v) is 4.94. The Hall–Kier alpha value is -4.10. The summed E-state index contributed by atoms with van der Waals surface area (Å²) in [5.74, 6) is 5.93. The highest BCUT2D eigenvalue weighted by Gasteiger charge is 2.35. The van der Waals surface area contributed by atoms with Gasteiger partial charge in [0.2, 0.25) is 12.8 Å². The minimum atomic E-state index is -4.67. The monoisotopic (exact) mass is 472 g/mol. The Kier molecular flexibility index (Phi) is 7.38. The van der Waals surface area contributed by atoms with Crippen LogP contribution in [0.2, 0.25) is 0 Å². The summed E-state index contributed by atoms with van der Waals surface area (Å²) < 4.78 is 59.3. The first-order valence-corrected chi connectivity index (χ1v) is 9.97. The van der Waals surface area contributed by atoms with Crippen molar-refractivity contribution in [1.82, 2.24) is 0 Å². The van der Waals surface area contributed by atoms with Crippen LogP contribution in [0.4, 0.5) is 34.6 Å². The van der Waals surface area contributed by atoms with Gasteiger partial charge in [-0.25, -0.2) is 10.2 Å². The summed E-state index contributed by atoms with van der Waals surface area (Å²) in [4.78, 5) is 11.6. The molecule has 0 unspecified atom stereocenters. The lowest BCUT2D eigenvalue weighted by Gasteiger charge is -2.27. The largest absolute Gasteiger partial charge is 0.463 e. The predicted octanol–water partition coefficient (Wildman–Crippen LogP) is 5.44. The van der Waals surface area contributed by atoms with Crippen LogP contribution in [-0.4, -0.2) is 12.8 Å². The molecule has 3 rings (SSSR count). The molecule has 0 atom stereocenters. The summed E-state index contributed by atoms with van der Waals surface area (Å²) in [6.07, 6.45) is -4.81. The smallest absolute Gasteiger partial charge is 0.416 e.